The average Bonchev–Trinajstić information content (AvgIpc) is 3.74. The lowest BCUT2D eigenvalue weighted by molar-refractivity contribution is 0.623. The zero-order valence-corrected chi connectivity index (χ0v) is 30.5. The number of aromatic nitrogens is 4. The van der Waals surface area contributed by atoms with Crippen LogP contribution in [0.3, 0.4) is 0 Å². The molecule has 0 radical (unpaired) electrons. The van der Waals surface area contributed by atoms with Crippen LogP contribution in [0.1, 0.15) is 5.56 Å². The van der Waals surface area contributed by atoms with Crippen molar-refractivity contribution in [3.63, 3.8) is 0 Å². The molecule has 0 aliphatic heterocycles. The van der Waals surface area contributed by atoms with Gasteiger partial charge in [-0.3, -0.25) is 0 Å². The first-order chi connectivity index (χ1) is 28.2. The van der Waals surface area contributed by atoms with Gasteiger partial charge in [-0.1, -0.05) is 158 Å². The second kappa shape index (κ2) is 14.3. The molecule has 2 heterocycles. The van der Waals surface area contributed by atoms with E-state index in [0.717, 1.165) is 77.5 Å². The van der Waals surface area contributed by atoms with E-state index in [9.17, 15) is 5.26 Å². The molecule has 10 rings (SSSR count). The van der Waals surface area contributed by atoms with Crippen molar-refractivity contribution in [1.82, 2.24) is 19.9 Å². The monoisotopic (exact) mass is 729 g/mol. The second-order valence-corrected chi connectivity index (χ2v) is 13.7. The molecule has 10 aromatic rings. The fraction of sp³-hybridized carbons (Fsp3) is 0. The molecule has 8 aromatic carbocycles. The second-order valence-electron chi connectivity index (χ2n) is 13.7. The van der Waals surface area contributed by atoms with Crippen molar-refractivity contribution in [2.45, 2.75) is 0 Å². The Morgan fingerprint density at radius 2 is 0.965 bits per heavy atom. The third kappa shape index (κ3) is 6.29. The summed E-state index contributed by atoms with van der Waals surface area (Å²) in [7, 11) is 0. The van der Waals surface area contributed by atoms with Crippen molar-refractivity contribution in [3.8, 4) is 85.1 Å². The van der Waals surface area contributed by atoms with Gasteiger partial charge in [-0.2, -0.15) is 5.26 Å². The third-order valence-electron chi connectivity index (χ3n) is 10.2. The molecule has 0 saturated heterocycles. The first-order valence-corrected chi connectivity index (χ1v) is 18.7. The quantitative estimate of drug-likeness (QED) is 0.162. The van der Waals surface area contributed by atoms with E-state index in [4.69, 9.17) is 24.4 Å². The van der Waals surface area contributed by atoms with Crippen LogP contribution in [0.2, 0.25) is 0 Å². The average molecular weight is 730 g/mol. The zero-order valence-electron chi connectivity index (χ0n) is 30.5. The Balaban J connectivity index is 1.14. The van der Waals surface area contributed by atoms with Gasteiger partial charge in [0.2, 0.25) is 5.89 Å². The third-order valence-corrected chi connectivity index (χ3v) is 10.2. The summed E-state index contributed by atoms with van der Waals surface area (Å²) in [5, 5.41) is 12.3. The van der Waals surface area contributed by atoms with Gasteiger partial charge in [0.15, 0.2) is 23.1 Å². The van der Waals surface area contributed by atoms with Gasteiger partial charge in [0.1, 0.15) is 5.52 Å². The van der Waals surface area contributed by atoms with E-state index in [1.54, 1.807) is 0 Å². The highest BCUT2D eigenvalue weighted by Crippen LogP contribution is 2.41. The molecule has 0 unspecified atom stereocenters. The van der Waals surface area contributed by atoms with Crippen molar-refractivity contribution in [1.29, 1.82) is 5.26 Å². The van der Waals surface area contributed by atoms with E-state index in [0.29, 0.717) is 28.9 Å². The lowest BCUT2D eigenvalue weighted by atomic mass is 9.88. The minimum absolute atomic E-state index is 0.553. The maximum atomic E-state index is 10.2. The highest BCUT2D eigenvalue weighted by atomic mass is 16.3. The number of nitrogens with zero attached hydrogens (tertiary/aromatic N) is 5. The predicted molar refractivity (Wildman–Crippen MR) is 228 cm³/mol. The van der Waals surface area contributed by atoms with Crippen molar-refractivity contribution < 1.29 is 4.42 Å². The normalized spacial score (nSPS) is 11.1. The van der Waals surface area contributed by atoms with Gasteiger partial charge in [0.05, 0.1) is 11.6 Å². The van der Waals surface area contributed by atoms with Crippen LogP contribution in [-0.4, -0.2) is 19.9 Å². The van der Waals surface area contributed by atoms with Gasteiger partial charge in [0, 0.05) is 33.2 Å². The number of oxazole rings is 1. The number of hydrogen-bond donors (Lipinski definition) is 0. The van der Waals surface area contributed by atoms with Gasteiger partial charge in [-0.15, -0.1) is 0 Å². The summed E-state index contributed by atoms with van der Waals surface area (Å²) in [6.07, 6.45) is 0. The van der Waals surface area contributed by atoms with E-state index in [-0.39, 0.29) is 0 Å². The smallest absolute Gasteiger partial charge is 0.227 e. The van der Waals surface area contributed by atoms with Crippen LogP contribution in [0.5, 0.6) is 0 Å². The SMILES string of the molecule is N#Cc1ccccc1-c1ccc(-c2ccccc2-c2nc3ccc4ccccc4c3o2)cc1-c1cccc(-c2nc(-c3ccccc3)nc(-c3ccccc3)n2)c1. The van der Waals surface area contributed by atoms with Crippen molar-refractivity contribution in [2.24, 2.45) is 0 Å². The van der Waals surface area contributed by atoms with Crippen molar-refractivity contribution >= 4 is 21.9 Å². The molecular weight excluding hydrogens is 699 g/mol. The highest BCUT2D eigenvalue weighted by Gasteiger charge is 2.19. The molecule has 266 valence electrons. The Bertz CT molecular complexity index is 3090. The molecule has 0 fully saturated rings. The highest BCUT2D eigenvalue weighted by molar-refractivity contribution is 6.04. The van der Waals surface area contributed by atoms with Gasteiger partial charge in [0.25, 0.3) is 0 Å². The minimum Gasteiger partial charge on any atom is -0.435 e. The summed E-state index contributed by atoms with van der Waals surface area (Å²) in [4.78, 5) is 19.9. The molecule has 57 heavy (non-hydrogen) atoms. The molecule has 0 amide bonds. The van der Waals surface area contributed by atoms with Gasteiger partial charge >= 0.3 is 0 Å². The fourth-order valence-corrected chi connectivity index (χ4v) is 7.46. The summed E-state index contributed by atoms with van der Waals surface area (Å²) in [6, 6.07) is 65.2. The molecule has 0 atom stereocenters. The van der Waals surface area contributed by atoms with Crippen molar-refractivity contribution in [3.05, 3.63) is 194 Å². The number of hydrogen-bond acceptors (Lipinski definition) is 6. The van der Waals surface area contributed by atoms with Gasteiger partial charge < -0.3 is 4.42 Å². The molecule has 0 spiro atoms. The van der Waals surface area contributed by atoms with Crippen LogP contribution in [-0.2, 0) is 0 Å². The van der Waals surface area contributed by atoms with E-state index in [1.165, 1.54) is 0 Å². The lowest BCUT2D eigenvalue weighted by Gasteiger charge is -2.16. The molecule has 0 aliphatic rings. The summed E-state index contributed by atoms with van der Waals surface area (Å²) in [6.45, 7) is 0. The van der Waals surface area contributed by atoms with E-state index in [1.807, 2.05) is 127 Å². The zero-order chi connectivity index (χ0) is 38.1. The number of fused-ring (bicyclic) bond motifs is 3. The summed E-state index contributed by atoms with van der Waals surface area (Å²) < 4.78 is 6.55. The minimum atomic E-state index is 0.553. The summed E-state index contributed by atoms with van der Waals surface area (Å²) in [5.41, 5.74) is 11.4. The van der Waals surface area contributed by atoms with Crippen LogP contribution in [0, 0.1) is 11.3 Å². The topological polar surface area (TPSA) is 88.5 Å². The molecule has 6 nitrogen and oxygen atoms in total. The molecule has 0 aliphatic carbocycles. The van der Waals surface area contributed by atoms with E-state index >= 15 is 0 Å². The molecule has 0 N–H and O–H groups in total. The molecular formula is C51H31N5O. The number of benzene rings is 8. The van der Waals surface area contributed by atoms with Crippen LogP contribution in [0.4, 0.5) is 0 Å². The standard InChI is InChI=1S/C51H31N5O/c52-32-39-19-8-9-23-41(39)43-28-26-37(40-22-11-12-25-44(40)51-53-46-29-27-33-14-7-10-24-42(33)47(46)57-51)31-45(43)36-20-13-21-38(30-36)50-55-48(34-15-3-1-4-16-34)54-49(56-50)35-17-5-2-6-18-35/h1-31H. The predicted octanol–water partition coefficient (Wildman–Crippen LogP) is 12.7. The maximum Gasteiger partial charge on any atom is 0.227 e. The Hall–Kier alpha value is -8.01. The van der Waals surface area contributed by atoms with Crippen molar-refractivity contribution in [2.75, 3.05) is 0 Å². The number of nitriles is 1. The maximum absolute atomic E-state index is 10.2. The fourth-order valence-electron chi connectivity index (χ4n) is 7.46. The molecule has 2 aromatic heterocycles. The van der Waals surface area contributed by atoms with Gasteiger partial charge in [-0.05, 0) is 63.5 Å². The van der Waals surface area contributed by atoms with Crippen LogP contribution in [0.25, 0.3) is 101 Å². The van der Waals surface area contributed by atoms with E-state index in [2.05, 4.69) is 66.7 Å². The molecule has 6 heteroatoms. The van der Waals surface area contributed by atoms with Crippen LogP contribution >= 0.6 is 0 Å². The Kier molecular flexibility index (Phi) is 8.44. The summed E-state index contributed by atoms with van der Waals surface area (Å²) in [5.74, 6) is 2.31. The van der Waals surface area contributed by atoms with Gasteiger partial charge in [-0.25, -0.2) is 19.9 Å². The Morgan fingerprint density at radius 3 is 1.70 bits per heavy atom. The Morgan fingerprint density at radius 1 is 0.386 bits per heavy atom. The largest absolute Gasteiger partial charge is 0.435 e. The molecule has 0 bridgehead atoms. The Labute approximate surface area is 329 Å². The summed E-state index contributed by atoms with van der Waals surface area (Å²) >= 11 is 0. The first-order valence-electron chi connectivity index (χ1n) is 18.7. The molecule has 0 saturated carbocycles. The first kappa shape index (κ1) is 33.6. The lowest BCUT2D eigenvalue weighted by Crippen LogP contribution is -2.00. The van der Waals surface area contributed by atoms with Crippen LogP contribution < -0.4 is 0 Å². The van der Waals surface area contributed by atoms with Crippen LogP contribution in [0.15, 0.2) is 192 Å². The van der Waals surface area contributed by atoms with E-state index < -0.39 is 0 Å². The number of rotatable bonds is 7.